The van der Waals surface area contributed by atoms with Gasteiger partial charge in [-0.2, -0.15) is 11.8 Å². The highest BCUT2D eigenvalue weighted by Gasteiger charge is 2.29. The van der Waals surface area contributed by atoms with Crippen molar-refractivity contribution in [2.24, 2.45) is 0 Å². The first-order valence-corrected chi connectivity index (χ1v) is 12.7. The third-order valence-corrected chi connectivity index (χ3v) is 8.61. The van der Waals surface area contributed by atoms with Crippen molar-refractivity contribution in [2.75, 3.05) is 23.8 Å². The predicted molar refractivity (Wildman–Crippen MR) is 114 cm³/mol. The average Bonchev–Trinajstić information content (AvgIpc) is 3.01. The van der Waals surface area contributed by atoms with Crippen LogP contribution in [-0.2, 0) is 15.6 Å². The molecule has 1 N–H and O–H groups in total. The summed E-state index contributed by atoms with van der Waals surface area (Å²) in [5, 5.41) is 3.01. The van der Waals surface area contributed by atoms with Crippen molar-refractivity contribution in [1.82, 2.24) is 5.32 Å². The first-order valence-electron chi connectivity index (χ1n) is 8.89. The summed E-state index contributed by atoms with van der Waals surface area (Å²) in [5.74, 6) is 2.12. The molecule has 1 aliphatic heterocycles. The summed E-state index contributed by atoms with van der Waals surface area (Å²) >= 11 is 3.29. The van der Waals surface area contributed by atoms with Crippen LogP contribution in [0.2, 0.25) is 0 Å². The van der Waals surface area contributed by atoms with E-state index in [-0.39, 0.29) is 22.7 Å². The van der Waals surface area contributed by atoms with E-state index < -0.39 is 9.84 Å². The van der Waals surface area contributed by atoms with Crippen LogP contribution in [0.1, 0.15) is 22.3 Å². The minimum absolute atomic E-state index is 0.0328. The lowest BCUT2D eigenvalue weighted by molar-refractivity contribution is 0.0953. The predicted octanol–water partition coefficient (Wildman–Crippen LogP) is 3.63. The fourth-order valence-corrected chi connectivity index (χ4v) is 7.33. The lowest BCUT2D eigenvalue weighted by Gasteiger charge is -2.12. The molecule has 1 fully saturated rings. The lowest BCUT2D eigenvalue weighted by Crippen LogP contribution is -2.26. The Bertz CT molecular complexity index is 869. The highest BCUT2D eigenvalue weighted by atomic mass is 32.2. The Balaban J connectivity index is 1.48. The first-order chi connectivity index (χ1) is 13.0. The van der Waals surface area contributed by atoms with Crippen LogP contribution < -0.4 is 5.32 Å². The molecule has 0 bridgehead atoms. The van der Waals surface area contributed by atoms with E-state index in [2.05, 4.69) is 17.4 Å². The van der Waals surface area contributed by atoms with Crippen LogP contribution >= 0.6 is 23.5 Å². The second kappa shape index (κ2) is 9.66. The molecular weight excluding hydrogens is 398 g/mol. The quantitative estimate of drug-likeness (QED) is 0.660. The molecule has 7 heteroatoms. The second-order valence-electron chi connectivity index (χ2n) is 6.43. The number of hydrogen-bond donors (Lipinski definition) is 1. The molecule has 0 saturated carbocycles. The van der Waals surface area contributed by atoms with Crippen molar-refractivity contribution in [3.63, 3.8) is 0 Å². The molecule has 2 aromatic rings. The normalized spacial score (nSPS) is 18.3. The number of carbonyl (C=O) groups is 1. The van der Waals surface area contributed by atoms with Crippen LogP contribution in [0.25, 0.3) is 0 Å². The molecule has 0 unspecified atom stereocenters. The van der Waals surface area contributed by atoms with Crippen LogP contribution in [0.5, 0.6) is 0 Å². The van der Waals surface area contributed by atoms with E-state index >= 15 is 0 Å². The molecule has 4 nitrogen and oxygen atoms in total. The topological polar surface area (TPSA) is 63.2 Å². The summed E-state index contributed by atoms with van der Waals surface area (Å²) in [7, 11) is -2.92. The molecule has 0 spiro atoms. The van der Waals surface area contributed by atoms with Crippen molar-refractivity contribution < 1.29 is 13.2 Å². The van der Waals surface area contributed by atoms with E-state index in [1.54, 1.807) is 17.8 Å². The van der Waals surface area contributed by atoms with Crippen molar-refractivity contribution in [2.45, 2.75) is 22.3 Å². The van der Waals surface area contributed by atoms with Crippen LogP contribution in [0.4, 0.5) is 0 Å². The number of amides is 1. The fourth-order valence-electron chi connectivity index (χ4n) is 2.89. The minimum Gasteiger partial charge on any atom is -0.351 e. The summed E-state index contributed by atoms with van der Waals surface area (Å²) in [5.41, 5.74) is 1.90. The maximum atomic E-state index is 12.5. The molecule has 0 radical (unpaired) electrons. The van der Waals surface area contributed by atoms with Gasteiger partial charge in [-0.25, -0.2) is 8.42 Å². The number of hydrogen-bond acceptors (Lipinski definition) is 5. The Morgan fingerprint density at radius 2 is 1.81 bits per heavy atom. The standard InChI is InChI=1S/C20H23NO3S3/c22-20(21-11-12-25-14-16-6-2-1-3-7-16)18-8-4-5-9-19(18)26-17-10-13-27(23,24)15-17/h1-9,17H,10-15H2,(H,21,22)/t17-/m1/s1. The Hall–Kier alpha value is -1.44. The number of benzene rings is 2. The Morgan fingerprint density at radius 3 is 2.56 bits per heavy atom. The van der Waals surface area contributed by atoms with Gasteiger partial charge in [0, 0.05) is 28.2 Å². The zero-order chi connectivity index (χ0) is 19.1. The number of carbonyl (C=O) groups excluding carboxylic acids is 1. The minimum atomic E-state index is -2.92. The zero-order valence-corrected chi connectivity index (χ0v) is 17.4. The fraction of sp³-hybridized carbons (Fsp3) is 0.350. The van der Waals surface area contributed by atoms with Gasteiger partial charge in [0.05, 0.1) is 17.1 Å². The number of nitrogens with one attached hydrogen (secondary N) is 1. The highest BCUT2D eigenvalue weighted by Crippen LogP contribution is 2.33. The van der Waals surface area contributed by atoms with Crippen LogP contribution in [0.3, 0.4) is 0 Å². The van der Waals surface area contributed by atoms with Crippen molar-refractivity contribution in [1.29, 1.82) is 0 Å². The van der Waals surface area contributed by atoms with Gasteiger partial charge in [-0.05, 0) is 24.1 Å². The van der Waals surface area contributed by atoms with Gasteiger partial charge in [-0.15, -0.1) is 11.8 Å². The summed E-state index contributed by atoms with van der Waals surface area (Å²) in [6, 6.07) is 17.7. The van der Waals surface area contributed by atoms with Crippen LogP contribution in [0, 0.1) is 0 Å². The van der Waals surface area contributed by atoms with Gasteiger partial charge in [0.25, 0.3) is 5.91 Å². The van der Waals surface area contributed by atoms with E-state index in [1.165, 1.54) is 17.3 Å². The molecule has 2 aromatic carbocycles. The van der Waals surface area contributed by atoms with E-state index in [0.29, 0.717) is 18.5 Å². The largest absolute Gasteiger partial charge is 0.351 e. The molecule has 1 heterocycles. The van der Waals surface area contributed by atoms with Crippen molar-refractivity contribution in [3.8, 4) is 0 Å². The molecule has 1 aliphatic rings. The summed E-state index contributed by atoms with van der Waals surface area (Å²) in [4.78, 5) is 13.4. The van der Waals surface area contributed by atoms with Gasteiger partial charge in [0.2, 0.25) is 0 Å². The molecule has 1 amide bonds. The molecule has 27 heavy (non-hydrogen) atoms. The molecule has 0 aliphatic carbocycles. The first kappa shape index (κ1) is 20.3. The number of sulfone groups is 1. The van der Waals surface area contributed by atoms with Gasteiger partial charge in [0.15, 0.2) is 9.84 Å². The van der Waals surface area contributed by atoms with Gasteiger partial charge in [-0.3, -0.25) is 4.79 Å². The van der Waals surface area contributed by atoms with E-state index in [4.69, 9.17) is 0 Å². The molecular formula is C20H23NO3S3. The molecule has 144 valence electrons. The smallest absolute Gasteiger partial charge is 0.252 e. The number of thioether (sulfide) groups is 2. The maximum absolute atomic E-state index is 12.5. The molecule has 0 aromatic heterocycles. The second-order valence-corrected chi connectivity index (χ2v) is 11.1. The van der Waals surface area contributed by atoms with E-state index in [0.717, 1.165) is 16.4 Å². The highest BCUT2D eigenvalue weighted by molar-refractivity contribution is 8.02. The zero-order valence-electron chi connectivity index (χ0n) is 15.0. The van der Waals surface area contributed by atoms with E-state index in [1.807, 2.05) is 36.4 Å². The van der Waals surface area contributed by atoms with E-state index in [9.17, 15) is 13.2 Å². The number of rotatable bonds is 8. The SMILES string of the molecule is O=C(NCCSCc1ccccc1)c1ccccc1S[C@@H]1CCS(=O)(=O)C1. The van der Waals surface area contributed by atoms with Gasteiger partial charge < -0.3 is 5.32 Å². The third-order valence-electron chi connectivity index (χ3n) is 4.26. The van der Waals surface area contributed by atoms with Crippen LogP contribution in [-0.4, -0.2) is 43.4 Å². The summed E-state index contributed by atoms with van der Waals surface area (Å²) in [6.45, 7) is 0.604. The average molecular weight is 422 g/mol. The van der Waals surface area contributed by atoms with Gasteiger partial charge in [-0.1, -0.05) is 42.5 Å². The van der Waals surface area contributed by atoms with Gasteiger partial charge in [0.1, 0.15) is 0 Å². The van der Waals surface area contributed by atoms with Crippen molar-refractivity contribution >= 4 is 39.3 Å². The molecule has 1 atom stereocenters. The van der Waals surface area contributed by atoms with Crippen LogP contribution in [0.15, 0.2) is 59.5 Å². The molecule has 1 saturated heterocycles. The Kier molecular flexibility index (Phi) is 7.26. The lowest BCUT2D eigenvalue weighted by atomic mass is 10.2. The Labute approximate surface area is 169 Å². The third kappa shape index (κ3) is 6.30. The Morgan fingerprint density at radius 1 is 1.07 bits per heavy atom. The maximum Gasteiger partial charge on any atom is 0.252 e. The van der Waals surface area contributed by atoms with Gasteiger partial charge >= 0.3 is 0 Å². The monoisotopic (exact) mass is 421 g/mol. The van der Waals surface area contributed by atoms with Crippen molar-refractivity contribution in [3.05, 3.63) is 65.7 Å². The summed E-state index contributed by atoms with van der Waals surface area (Å²) < 4.78 is 23.3. The summed E-state index contributed by atoms with van der Waals surface area (Å²) in [6.07, 6.45) is 0.652. The molecule has 3 rings (SSSR count).